The average Bonchev–Trinajstić information content (AvgIpc) is 3.83. The fourth-order valence-electron chi connectivity index (χ4n) is 9.30. The summed E-state index contributed by atoms with van der Waals surface area (Å²) in [6.45, 7) is 0. The Labute approximate surface area is 348 Å². The number of benzene rings is 10. The molecule has 0 aliphatic heterocycles. The molecule has 0 unspecified atom stereocenters. The summed E-state index contributed by atoms with van der Waals surface area (Å²) >= 11 is 0. The summed E-state index contributed by atoms with van der Waals surface area (Å²) in [4.78, 5) is 0. The third kappa shape index (κ3) is 5.73. The molecule has 60 heavy (non-hydrogen) atoms. The smallest absolute Gasteiger partial charge is 0.0541 e. The molecule has 0 N–H and O–H groups in total. The van der Waals surface area contributed by atoms with Gasteiger partial charge in [0, 0.05) is 32.9 Å². The zero-order chi connectivity index (χ0) is 39.6. The van der Waals surface area contributed by atoms with E-state index in [1.165, 1.54) is 110 Å². The molecule has 280 valence electrons. The van der Waals surface area contributed by atoms with Crippen molar-refractivity contribution in [1.29, 1.82) is 0 Å². The molecule has 0 fully saturated rings. The number of nitrogens with zero attached hydrogens (tertiary/aromatic N) is 2. The van der Waals surface area contributed by atoms with Crippen molar-refractivity contribution in [3.05, 3.63) is 230 Å². The van der Waals surface area contributed by atoms with E-state index in [1.54, 1.807) is 0 Å². The summed E-state index contributed by atoms with van der Waals surface area (Å²) in [6.07, 6.45) is 4.45. The zero-order valence-corrected chi connectivity index (χ0v) is 32.8. The Kier molecular flexibility index (Phi) is 7.89. The third-order valence-corrected chi connectivity index (χ3v) is 12.2. The molecule has 2 nitrogen and oxygen atoms in total. The van der Waals surface area contributed by atoms with Gasteiger partial charge < -0.3 is 9.13 Å². The summed E-state index contributed by atoms with van der Waals surface area (Å²) in [5.41, 5.74) is 14.5. The second-order valence-electron chi connectivity index (χ2n) is 15.8. The maximum atomic E-state index is 2.40. The number of aromatic nitrogens is 2. The number of fused-ring (bicyclic) bond motifs is 8. The normalized spacial score (nSPS) is 11.9. The van der Waals surface area contributed by atoms with E-state index in [2.05, 4.69) is 240 Å². The van der Waals surface area contributed by atoms with Crippen LogP contribution in [-0.2, 0) is 0 Å². The highest BCUT2D eigenvalue weighted by Gasteiger charge is 2.15. The molecule has 0 radical (unpaired) electrons. The first-order chi connectivity index (χ1) is 29.7. The number of rotatable bonds is 6. The van der Waals surface area contributed by atoms with Gasteiger partial charge in [-0.1, -0.05) is 158 Å². The molecule has 0 spiro atoms. The van der Waals surface area contributed by atoms with E-state index in [-0.39, 0.29) is 0 Å². The molecule has 2 aromatic heterocycles. The minimum Gasteiger partial charge on any atom is -0.309 e. The molecular formula is C58H38N2. The molecule has 0 aliphatic rings. The van der Waals surface area contributed by atoms with Crippen LogP contribution in [0.25, 0.3) is 111 Å². The molecule has 12 aromatic rings. The van der Waals surface area contributed by atoms with E-state index in [4.69, 9.17) is 0 Å². The quantitative estimate of drug-likeness (QED) is 0.149. The van der Waals surface area contributed by atoms with Crippen molar-refractivity contribution in [2.45, 2.75) is 0 Å². The van der Waals surface area contributed by atoms with Gasteiger partial charge >= 0.3 is 0 Å². The lowest BCUT2D eigenvalue weighted by molar-refractivity contribution is 1.19. The van der Waals surface area contributed by atoms with E-state index in [9.17, 15) is 0 Å². The van der Waals surface area contributed by atoms with E-state index in [1.807, 2.05) is 0 Å². The van der Waals surface area contributed by atoms with Crippen LogP contribution in [0.1, 0.15) is 11.1 Å². The van der Waals surface area contributed by atoms with Gasteiger partial charge in [0.2, 0.25) is 0 Å². The van der Waals surface area contributed by atoms with Crippen molar-refractivity contribution in [2.75, 3.05) is 0 Å². The maximum Gasteiger partial charge on any atom is 0.0541 e. The molecule has 12 rings (SSSR count). The molecule has 0 bridgehead atoms. The lowest BCUT2D eigenvalue weighted by atomic mass is 10.0. The minimum atomic E-state index is 1.17. The van der Waals surface area contributed by atoms with Crippen molar-refractivity contribution in [1.82, 2.24) is 9.13 Å². The summed E-state index contributed by atoms with van der Waals surface area (Å²) in [6, 6.07) is 79.7. The van der Waals surface area contributed by atoms with Crippen LogP contribution in [0, 0.1) is 0 Å². The van der Waals surface area contributed by atoms with Gasteiger partial charge in [-0.25, -0.2) is 0 Å². The summed E-state index contributed by atoms with van der Waals surface area (Å²) in [5, 5.41) is 9.95. The molecule has 0 aliphatic carbocycles. The summed E-state index contributed by atoms with van der Waals surface area (Å²) in [7, 11) is 0. The van der Waals surface area contributed by atoms with E-state index >= 15 is 0 Å². The van der Waals surface area contributed by atoms with Gasteiger partial charge in [-0.15, -0.1) is 0 Å². The molecular weight excluding hydrogens is 725 g/mol. The Morgan fingerprint density at radius 1 is 0.250 bits per heavy atom. The second-order valence-corrected chi connectivity index (χ2v) is 15.8. The van der Waals surface area contributed by atoms with Crippen LogP contribution in [0.4, 0.5) is 0 Å². The predicted molar refractivity (Wildman–Crippen MR) is 256 cm³/mol. The predicted octanol–water partition coefficient (Wildman–Crippen LogP) is 15.7. The van der Waals surface area contributed by atoms with Crippen molar-refractivity contribution in [3.63, 3.8) is 0 Å². The molecule has 0 amide bonds. The first kappa shape index (κ1) is 34.1. The molecule has 0 saturated heterocycles. The Morgan fingerprint density at radius 2 is 0.633 bits per heavy atom. The van der Waals surface area contributed by atoms with Gasteiger partial charge in [-0.2, -0.15) is 0 Å². The topological polar surface area (TPSA) is 9.86 Å². The minimum absolute atomic E-state index is 1.17. The summed E-state index contributed by atoms with van der Waals surface area (Å²) in [5.74, 6) is 0. The molecule has 10 aromatic carbocycles. The first-order valence-electron chi connectivity index (χ1n) is 20.7. The molecule has 2 heteroatoms. The fourth-order valence-corrected chi connectivity index (χ4v) is 9.30. The SMILES string of the molecule is C(=C\c1ccc2cc(-n3c4ccccc4c4cc(-c5ccccc5)ccc43)ccc2c1)/c1ccc2cc(-n3c4ccccc4c4cc(-c5ccccc5)ccc43)ccc2c1. The molecule has 0 atom stereocenters. The van der Waals surface area contributed by atoms with Gasteiger partial charge in [0.1, 0.15) is 0 Å². The number of hydrogen-bond donors (Lipinski definition) is 0. The monoisotopic (exact) mass is 762 g/mol. The van der Waals surface area contributed by atoms with Crippen molar-refractivity contribution < 1.29 is 0 Å². The van der Waals surface area contributed by atoms with Crippen molar-refractivity contribution in [3.8, 4) is 33.6 Å². The van der Waals surface area contributed by atoms with E-state index in [0.717, 1.165) is 0 Å². The molecule has 2 heterocycles. The van der Waals surface area contributed by atoms with E-state index in [0.29, 0.717) is 0 Å². The van der Waals surface area contributed by atoms with Crippen LogP contribution in [0.3, 0.4) is 0 Å². The van der Waals surface area contributed by atoms with Crippen LogP contribution in [-0.4, -0.2) is 9.13 Å². The van der Waals surface area contributed by atoms with Crippen molar-refractivity contribution in [2.24, 2.45) is 0 Å². The Bertz CT molecular complexity index is 3400. The van der Waals surface area contributed by atoms with Gasteiger partial charge in [0.15, 0.2) is 0 Å². The van der Waals surface area contributed by atoms with Crippen LogP contribution in [0.2, 0.25) is 0 Å². The highest BCUT2D eigenvalue weighted by atomic mass is 15.0. The molecule has 0 saturated carbocycles. The lowest BCUT2D eigenvalue weighted by Gasteiger charge is -2.10. The van der Waals surface area contributed by atoms with Gasteiger partial charge in [-0.05, 0) is 128 Å². The first-order valence-corrected chi connectivity index (χ1v) is 20.7. The van der Waals surface area contributed by atoms with Crippen LogP contribution < -0.4 is 0 Å². The maximum absolute atomic E-state index is 2.40. The van der Waals surface area contributed by atoms with Gasteiger partial charge in [0.05, 0.1) is 22.1 Å². The van der Waals surface area contributed by atoms with Gasteiger partial charge in [-0.3, -0.25) is 0 Å². The van der Waals surface area contributed by atoms with E-state index < -0.39 is 0 Å². The third-order valence-electron chi connectivity index (χ3n) is 12.2. The standard InChI is InChI=1S/C58H38N2/c1-3-11-41(12-4-1)47-27-31-57-53(37-47)51-15-7-9-17-55(51)59(57)49-29-25-43-33-39(21-23-45(43)35-49)19-20-40-22-24-46-36-50(30-26-44(46)34-40)60-56-18-10-8-16-52(56)54-38-48(28-32-58(54)60)42-13-5-2-6-14-42/h1-38H/b20-19+. The summed E-state index contributed by atoms with van der Waals surface area (Å²) < 4.78 is 4.81. The Balaban J connectivity index is 0.841. The zero-order valence-electron chi connectivity index (χ0n) is 32.8. The van der Waals surface area contributed by atoms with Crippen LogP contribution in [0.5, 0.6) is 0 Å². The highest BCUT2D eigenvalue weighted by molar-refractivity contribution is 6.12. The van der Waals surface area contributed by atoms with Crippen LogP contribution in [0.15, 0.2) is 218 Å². The lowest BCUT2D eigenvalue weighted by Crippen LogP contribution is -1.94. The Morgan fingerprint density at radius 3 is 1.10 bits per heavy atom. The average molecular weight is 763 g/mol. The van der Waals surface area contributed by atoms with Gasteiger partial charge in [0.25, 0.3) is 0 Å². The van der Waals surface area contributed by atoms with Crippen LogP contribution >= 0.6 is 0 Å². The number of para-hydroxylation sites is 2. The Hall–Kier alpha value is -7.94. The largest absolute Gasteiger partial charge is 0.309 e. The van der Waals surface area contributed by atoms with Crippen molar-refractivity contribution >= 4 is 77.3 Å². The number of hydrogen-bond acceptors (Lipinski definition) is 0. The highest BCUT2D eigenvalue weighted by Crippen LogP contribution is 2.38. The second kappa shape index (κ2) is 13.9. The fraction of sp³-hybridized carbons (Fsp3) is 0.